The van der Waals surface area contributed by atoms with Crippen LogP contribution in [0.2, 0.25) is 0 Å². The minimum atomic E-state index is -0.388. The van der Waals surface area contributed by atoms with E-state index in [-0.39, 0.29) is 10.6 Å². The maximum Gasteiger partial charge on any atom is 0.276 e. The number of hydrogen-bond acceptors (Lipinski definition) is 5. The van der Waals surface area contributed by atoms with Crippen molar-refractivity contribution in [3.05, 3.63) is 22.2 Å². The second-order valence-corrected chi connectivity index (χ2v) is 5.62. The molecule has 0 saturated heterocycles. The maximum atomic E-state index is 11.0. The van der Waals surface area contributed by atoms with Crippen LogP contribution in [0, 0.1) is 22.0 Å². The van der Waals surface area contributed by atoms with Gasteiger partial charge in [0.05, 0.1) is 17.1 Å². The number of pyridine rings is 1. The highest BCUT2D eigenvalue weighted by molar-refractivity contribution is 5.54. The van der Waals surface area contributed by atoms with Gasteiger partial charge in [0.2, 0.25) is 0 Å². The fourth-order valence-corrected chi connectivity index (χ4v) is 2.80. The van der Waals surface area contributed by atoms with Gasteiger partial charge in [0, 0.05) is 13.1 Å². The molecule has 6 heteroatoms. The molecule has 3 atom stereocenters. The average Bonchev–Trinajstić information content (AvgIpc) is 2.43. The summed E-state index contributed by atoms with van der Waals surface area (Å²) in [5.41, 5.74) is 0.0587. The van der Waals surface area contributed by atoms with Crippen LogP contribution in [0.1, 0.15) is 33.1 Å². The Bertz CT molecular complexity index is 492. The highest BCUT2D eigenvalue weighted by Gasteiger charge is 2.27. The highest BCUT2D eigenvalue weighted by Crippen LogP contribution is 2.32. The summed E-state index contributed by atoms with van der Waals surface area (Å²) in [7, 11) is 1.71. The first-order chi connectivity index (χ1) is 9.51. The normalized spacial score (nSPS) is 26.1. The number of nitrogens with zero attached hydrogens (tertiary/aromatic N) is 2. The molecule has 1 saturated carbocycles. The molecule has 1 fully saturated rings. The van der Waals surface area contributed by atoms with E-state index in [1.54, 1.807) is 7.05 Å². The Morgan fingerprint density at radius 1 is 1.30 bits per heavy atom. The lowest BCUT2D eigenvalue weighted by molar-refractivity contribution is -0.384. The summed E-state index contributed by atoms with van der Waals surface area (Å²) in [4.78, 5) is 14.9. The van der Waals surface area contributed by atoms with Gasteiger partial charge in [0.15, 0.2) is 0 Å². The van der Waals surface area contributed by atoms with E-state index < -0.39 is 0 Å². The fourth-order valence-electron chi connectivity index (χ4n) is 2.80. The lowest BCUT2D eigenvalue weighted by Gasteiger charge is -2.34. The van der Waals surface area contributed by atoms with Crippen molar-refractivity contribution in [3.63, 3.8) is 0 Å². The van der Waals surface area contributed by atoms with Crippen LogP contribution in [-0.4, -0.2) is 23.0 Å². The molecule has 1 heterocycles. The predicted octanol–water partition coefficient (Wildman–Crippen LogP) is 3.27. The number of aromatic nitrogens is 1. The molecule has 0 amide bonds. The first-order valence-electron chi connectivity index (χ1n) is 7.12. The SMILES string of the molecule is CNc1cc([N+](=O)[O-])cc(NC2CCCC(C)C2C)n1. The number of hydrogen-bond donors (Lipinski definition) is 2. The van der Waals surface area contributed by atoms with Crippen molar-refractivity contribution >= 4 is 17.3 Å². The standard InChI is InChI=1S/C14H22N4O2/c1-9-5-4-6-12(10(9)2)16-14-8-11(18(19)20)7-13(15-3)17-14/h7-10,12H,4-6H2,1-3H3,(H2,15,16,17). The molecule has 0 bridgehead atoms. The third kappa shape index (κ3) is 3.18. The molecule has 1 aromatic heterocycles. The van der Waals surface area contributed by atoms with Gasteiger partial charge in [-0.15, -0.1) is 0 Å². The van der Waals surface area contributed by atoms with Crippen molar-refractivity contribution in [3.8, 4) is 0 Å². The van der Waals surface area contributed by atoms with Gasteiger partial charge in [-0.25, -0.2) is 4.98 Å². The molecule has 0 aromatic carbocycles. The zero-order chi connectivity index (χ0) is 14.7. The monoisotopic (exact) mass is 278 g/mol. The summed E-state index contributed by atoms with van der Waals surface area (Å²) in [6, 6.07) is 3.28. The van der Waals surface area contributed by atoms with Gasteiger partial charge in [-0.05, 0) is 18.3 Å². The lowest BCUT2D eigenvalue weighted by Crippen LogP contribution is -2.35. The average molecular weight is 278 g/mol. The van der Waals surface area contributed by atoms with Crippen molar-refractivity contribution in [2.75, 3.05) is 17.7 Å². The number of nitro groups is 1. The van der Waals surface area contributed by atoms with Crippen LogP contribution in [-0.2, 0) is 0 Å². The summed E-state index contributed by atoms with van der Waals surface area (Å²) in [6.07, 6.45) is 3.53. The zero-order valence-electron chi connectivity index (χ0n) is 12.2. The van der Waals surface area contributed by atoms with Crippen molar-refractivity contribution in [2.45, 2.75) is 39.2 Å². The molecule has 1 aromatic rings. The second-order valence-electron chi connectivity index (χ2n) is 5.62. The molecule has 0 spiro atoms. The molecule has 2 N–H and O–H groups in total. The van der Waals surface area contributed by atoms with E-state index >= 15 is 0 Å². The van der Waals surface area contributed by atoms with E-state index in [2.05, 4.69) is 29.5 Å². The van der Waals surface area contributed by atoms with Crippen LogP contribution in [0.5, 0.6) is 0 Å². The number of anilines is 2. The van der Waals surface area contributed by atoms with Crippen molar-refractivity contribution in [1.82, 2.24) is 4.98 Å². The number of rotatable bonds is 4. The predicted molar refractivity (Wildman–Crippen MR) is 80.0 cm³/mol. The molecule has 0 radical (unpaired) electrons. The largest absolute Gasteiger partial charge is 0.373 e. The minimum absolute atomic E-state index is 0.0587. The van der Waals surface area contributed by atoms with E-state index in [1.807, 2.05) is 0 Å². The molecule has 3 unspecified atom stereocenters. The first kappa shape index (κ1) is 14.6. The molecule has 110 valence electrons. The topological polar surface area (TPSA) is 80.1 Å². The second kappa shape index (κ2) is 6.07. The maximum absolute atomic E-state index is 11.0. The molecular weight excluding hydrogens is 256 g/mol. The van der Waals surface area contributed by atoms with E-state index in [1.165, 1.54) is 25.0 Å². The molecule has 2 rings (SSSR count). The smallest absolute Gasteiger partial charge is 0.276 e. The van der Waals surface area contributed by atoms with E-state index in [0.29, 0.717) is 29.5 Å². The summed E-state index contributed by atoms with van der Waals surface area (Å²) < 4.78 is 0. The Kier molecular flexibility index (Phi) is 4.42. The van der Waals surface area contributed by atoms with Gasteiger partial charge >= 0.3 is 0 Å². The Labute approximate surface area is 119 Å². The Balaban J connectivity index is 2.19. The van der Waals surface area contributed by atoms with Crippen LogP contribution in [0.15, 0.2) is 12.1 Å². The van der Waals surface area contributed by atoms with Crippen molar-refractivity contribution in [1.29, 1.82) is 0 Å². The van der Waals surface area contributed by atoms with E-state index in [4.69, 9.17) is 0 Å². The van der Waals surface area contributed by atoms with Crippen LogP contribution >= 0.6 is 0 Å². The Morgan fingerprint density at radius 3 is 2.65 bits per heavy atom. The van der Waals surface area contributed by atoms with Gasteiger partial charge in [-0.2, -0.15) is 0 Å². The van der Waals surface area contributed by atoms with E-state index in [9.17, 15) is 10.1 Å². The zero-order valence-corrected chi connectivity index (χ0v) is 12.2. The number of nitrogens with one attached hydrogen (secondary N) is 2. The molecule has 6 nitrogen and oxygen atoms in total. The van der Waals surface area contributed by atoms with Crippen LogP contribution in [0.25, 0.3) is 0 Å². The quantitative estimate of drug-likeness (QED) is 0.652. The van der Waals surface area contributed by atoms with Crippen molar-refractivity contribution in [2.24, 2.45) is 11.8 Å². The summed E-state index contributed by atoms with van der Waals surface area (Å²) in [6.45, 7) is 4.50. The van der Waals surface area contributed by atoms with Crippen LogP contribution in [0.4, 0.5) is 17.3 Å². The molecule has 20 heavy (non-hydrogen) atoms. The Hall–Kier alpha value is -1.85. The van der Waals surface area contributed by atoms with Gasteiger partial charge in [0.25, 0.3) is 5.69 Å². The molecular formula is C14H22N4O2. The first-order valence-corrected chi connectivity index (χ1v) is 7.12. The van der Waals surface area contributed by atoms with Crippen LogP contribution < -0.4 is 10.6 Å². The molecule has 1 aliphatic rings. The van der Waals surface area contributed by atoms with Gasteiger partial charge in [-0.3, -0.25) is 10.1 Å². The van der Waals surface area contributed by atoms with Crippen molar-refractivity contribution < 1.29 is 4.92 Å². The summed E-state index contributed by atoms with van der Waals surface area (Å²) >= 11 is 0. The highest BCUT2D eigenvalue weighted by atomic mass is 16.6. The summed E-state index contributed by atoms with van der Waals surface area (Å²) in [5.74, 6) is 2.30. The molecule has 0 aliphatic heterocycles. The lowest BCUT2D eigenvalue weighted by atomic mass is 9.78. The third-order valence-electron chi connectivity index (χ3n) is 4.32. The Morgan fingerprint density at radius 2 is 2.00 bits per heavy atom. The van der Waals surface area contributed by atoms with Crippen LogP contribution in [0.3, 0.4) is 0 Å². The van der Waals surface area contributed by atoms with E-state index in [0.717, 1.165) is 6.42 Å². The molecule has 1 aliphatic carbocycles. The summed E-state index contributed by atoms with van der Waals surface area (Å²) in [5, 5.41) is 17.2. The van der Waals surface area contributed by atoms with Gasteiger partial charge in [0.1, 0.15) is 11.6 Å². The fraction of sp³-hybridized carbons (Fsp3) is 0.643. The van der Waals surface area contributed by atoms with Gasteiger partial charge in [-0.1, -0.05) is 26.7 Å². The van der Waals surface area contributed by atoms with Gasteiger partial charge < -0.3 is 10.6 Å². The minimum Gasteiger partial charge on any atom is -0.373 e. The third-order valence-corrected chi connectivity index (χ3v) is 4.32.